The monoisotopic (exact) mass is 375 g/mol. The van der Waals surface area contributed by atoms with Gasteiger partial charge in [-0.3, -0.25) is 9.69 Å². The van der Waals surface area contributed by atoms with Crippen molar-refractivity contribution in [3.8, 4) is 5.75 Å². The number of carbonyl (C=O) groups excluding carboxylic acids is 2. The molecule has 0 aliphatic carbocycles. The fraction of sp³-hybridized carbons (Fsp3) is 0.500. The van der Waals surface area contributed by atoms with E-state index in [1.165, 1.54) is 12.1 Å². The van der Waals surface area contributed by atoms with Gasteiger partial charge in [0.2, 0.25) is 5.91 Å². The van der Waals surface area contributed by atoms with Crippen LogP contribution in [0.15, 0.2) is 12.1 Å². The molecule has 0 radical (unpaired) electrons. The van der Waals surface area contributed by atoms with E-state index in [-0.39, 0.29) is 34.7 Å². The number of urea groups is 1. The number of amides is 3. The van der Waals surface area contributed by atoms with Crippen molar-refractivity contribution in [2.45, 2.75) is 19.8 Å². The highest BCUT2D eigenvalue weighted by molar-refractivity contribution is 6.37. The maximum atomic E-state index is 12.3. The van der Waals surface area contributed by atoms with Crippen LogP contribution in [-0.2, 0) is 11.2 Å². The molecule has 1 rings (SSSR count). The lowest BCUT2D eigenvalue weighted by Gasteiger charge is -2.20. The van der Waals surface area contributed by atoms with E-state index < -0.39 is 6.03 Å². The Bertz CT molecular complexity index is 571. The first kappa shape index (κ1) is 20.5. The Labute approximate surface area is 152 Å². The van der Waals surface area contributed by atoms with Crippen molar-refractivity contribution in [3.05, 3.63) is 27.7 Å². The summed E-state index contributed by atoms with van der Waals surface area (Å²) in [4.78, 5) is 27.6. The number of imide groups is 1. The molecule has 0 unspecified atom stereocenters. The fourth-order valence-electron chi connectivity index (χ4n) is 2.11. The van der Waals surface area contributed by atoms with Gasteiger partial charge in [0, 0.05) is 13.1 Å². The predicted molar refractivity (Wildman–Crippen MR) is 95.8 cm³/mol. The molecule has 1 aromatic carbocycles. The van der Waals surface area contributed by atoms with Gasteiger partial charge in [0.1, 0.15) is 0 Å². The fourth-order valence-corrected chi connectivity index (χ4v) is 2.64. The van der Waals surface area contributed by atoms with Crippen LogP contribution in [0.2, 0.25) is 10.0 Å². The molecule has 0 bridgehead atoms. The molecule has 0 atom stereocenters. The summed E-state index contributed by atoms with van der Waals surface area (Å²) < 4.78 is 0. The Morgan fingerprint density at radius 2 is 1.79 bits per heavy atom. The zero-order valence-electron chi connectivity index (χ0n) is 14.1. The van der Waals surface area contributed by atoms with Crippen LogP contribution in [0.5, 0.6) is 5.75 Å². The molecule has 0 aliphatic heterocycles. The average Bonchev–Trinajstić information content (AvgIpc) is 2.49. The van der Waals surface area contributed by atoms with Crippen molar-refractivity contribution in [2.75, 3.05) is 33.7 Å². The van der Waals surface area contributed by atoms with E-state index in [1.54, 1.807) is 6.92 Å². The Morgan fingerprint density at radius 3 is 2.29 bits per heavy atom. The lowest BCUT2D eigenvalue weighted by atomic mass is 10.1. The summed E-state index contributed by atoms with van der Waals surface area (Å²) in [5.74, 6) is -0.582. The Hall–Kier alpha value is -1.50. The van der Waals surface area contributed by atoms with Crippen molar-refractivity contribution in [3.63, 3.8) is 0 Å². The van der Waals surface area contributed by atoms with Gasteiger partial charge < -0.3 is 15.3 Å². The average molecular weight is 376 g/mol. The third-order valence-corrected chi connectivity index (χ3v) is 3.93. The number of phenolic OH excluding ortho intramolecular Hbond substituents is 1. The van der Waals surface area contributed by atoms with Gasteiger partial charge in [0.05, 0.1) is 16.5 Å². The van der Waals surface area contributed by atoms with Crippen molar-refractivity contribution in [2.24, 2.45) is 0 Å². The van der Waals surface area contributed by atoms with Crippen LogP contribution in [0.3, 0.4) is 0 Å². The predicted octanol–water partition coefficient (Wildman–Crippen LogP) is 2.75. The maximum absolute atomic E-state index is 12.3. The second-order valence-corrected chi connectivity index (χ2v) is 6.43. The minimum Gasteiger partial charge on any atom is -0.505 e. The minimum atomic E-state index is -0.419. The highest BCUT2D eigenvalue weighted by Gasteiger charge is 2.20. The van der Waals surface area contributed by atoms with Crippen LogP contribution in [0.25, 0.3) is 0 Å². The third-order valence-electron chi connectivity index (χ3n) is 3.35. The molecular weight excluding hydrogens is 353 g/mol. The quantitative estimate of drug-likeness (QED) is 0.718. The smallest absolute Gasteiger partial charge is 0.324 e. The number of hydrogen-bond donors (Lipinski definition) is 2. The van der Waals surface area contributed by atoms with Crippen LogP contribution in [0.1, 0.15) is 18.9 Å². The van der Waals surface area contributed by atoms with Gasteiger partial charge in [-0.05, 0) is 51.7 Å². The number of carbonyl (C=O) groups is 2. The highest BCUT2D eigenvalue weighted by atomic mass is 35.5. The number of phenols is 1. The largest absolute Gasteiger partial charge is 0.505 e. The highest BCUT2D eigenvalue weighted by Crippen LogP contribution is 2.32. The summed E-state index contributed by atoms with van der Waals surface area (Å²) in [7, 11) is 3.91. The van der Waals surface area contributed by atoms with Gasteiger partial charge in [-0.25, -0.2) is 4.79 Å². The molecular formula is C16H23Cl2N3O3. The molecule has 8 heteroatoms. The van der Waals surface area contributed by atoms with Gasteiger partial charge in [0.15, 0.2) is 5.75 Å². The number of rotatable bonds is 7. The van der Waals surface area contributed by atoms with E-state index in [0.29, 0.717) is 12.1 Å². The molecule has 3 amide bonds. The summed E-state index contributed by atoms with van der Waals surface area (Å²) in [5, 5.41) is 12.4. The van der Waals surface area contributed by atoms with Gasteiger partial charge in [0.25, 0.3) is 0 Å². The van der Waals surface area contributed by atoms with E-state index >= 15 is 0 Å². The Balaban J connectivity index is 2.64. The lowest BCUT2D eigenvalue weighted by Crippen LogP contribution is -2.44. The van der Waals surface area contributed by atoms with Gasteiger partial charge in [-0.15, -0.1) is 0 Å². The molecule has 0 aliphatic rings. The van der Waals surface area contributed by atoms with E-state index in [9.17, 15) is 14.7 Å². The lowest BCUT2D eigenvalue weighted by molar-refractivity contribution is -0.127. The first-order valence-electron chi connectivity index (χ1n) is 7.66. The summed E-state index contributed by atoms with van der Waals surface area (Å²) >= 11 is 11.7. The van der Waals surface area contributed by atoms with Crippen LogP contribution in [0, 0.1) is 0 Å². The second kappa shape index (κ2) is 9.71. The molecule has 0 heterocycles. The number of likely N-dealkylation sites (N-methyl/N-ethyl adjacent to an activating group) is 1. The number of benzene rings is 1. The molecule has 0 aromatic heterocycles. The van der Waals surface area contributed by atoms with Crippen molar-refractivity contribution in [1.29, 1.82) is 0 Å². The molecule has 134 valence electrons. The number of nitrogens with one attached hydrogen (secondary N) is 1. The van der Waals surface area contributed by atoms with Gasteiger partial charge >= 0.3 is 6.03 Å². The normalized spacial score (nSPS) is 10.8. The standard InChI is InChI=1S/C16H23Cl2N3O3/c1-4-21(16(24)19-6-5-7-20(2)3)14(22)10-11-8-12(17)15(23)13(18)9-11/h8-9,23H,4-7,10H2,1-3H3,(H,19,24). The topological polar surface area (TPSA) is 72.9 Å². The van der Waals surface area contributed by atoms with Gasteiger partial charge in [-0.2, -0.15) is 0 Å². The van der Waals surface area contributed by atoms with E-state index in [2.05, 4.69) is 5.32 Å². The molecule has 2 N–H and O–H groups in total. The molecule has 0 spiro atoms. The van der Waals surface area contributed by atoms with Crippen LogP contribution in [0.4, 0.5) is 4.79 Å². The zero-order chi connectivity index (χ0) is 18.3. The summed E-state index contributed by atoms with van der Waals surface area (Å²) in [6.45, 7) is 3.34. The van der Waals surface area contributed by atoms with Gasteiger partial charge in [-0.1, -0.05) is 23.2 Å². The van der Waals surface area contributed by atoms with Crippen molar-refractivity contribution < 1.29 is 14.7 Å². The SMILES string of the molecule is CCN(C(=O)Cc1cc(Cl)c(O)c(Cl)c1)C(=O)NCCCN(C)C. The summed E-state index contributed by atoms with van der Waals surface area (Å²) in [6.07, 6.45) is 0.770. The summed E-state index contributed by atoms with van der Waals surface area (Å²) in [5.41, 5.74) is 0.534. The van der Waals surface area contributed by atoms with E-state index in [0.717, 1.165) is 17.9 Å². The van der Waals surface area contributed by atoms with Crippen LogP contribution >= 0.6 is 23.2 Å². The molecule has 24 heavy (non-hydrogen) atoms. The minimum absolute atomic E-state index is 0.0291. The molecule has 1 aromatic rings. The number of nitrogens with zero attached hydrogens (tertiary/aromatic N) is 2. The Kier molecular flexibility index (Phi) is 8.31. The summed E-state index contributed by atoms with van der Waals surface area (Å²) in [6, 6.07) is 2.50. The zero-order valence-corrected chi connectivity index (χ0v) is 15.6. The third kappa shape index (κ3) is 6.19. The molecule has 0 saturated carbocycles. The number of halogens is 2. The van der Waals surface area contributed by atoms with Crippen molar-refractivity contribution >= 4 is 35.1 Å². The molecule has 0 fully saturated rings. The maximum Gasteiger partial charge on any atom is 0.324 e. The second-order valence-electron chi connectivity index (χ2n) is 5.61. The first-order chi connectivity index (χ1) is 11.3. The molecule has 0 saturated heterocycles. The van der Waals surface area contributed by atoms with Crippen LogP contribution in [-0.4, -0.2) is 60.6 Å². The molecule has 6 nitrogen and oxygen atoms in total. The van der Waals surface area contributed by atoms with E-state index in [1.807, 2.05) is 19.0 Å². The van der Waals surface area contributed by atoms with Crippen LogP contribution < -0.4 is 5.32 Å². The number of hydrogen-bond acceptors (Lipinski definition) is 4. The first-order valence-corrected chi connectivity index (χ1v) is 8.41. The van der Waals surface area contributed by atoms with E-state index in [4.69, 9.17) is 23.2 Å². The van der Waals surface area contributed by atoms with Crippen molar-refractivity contribution in [1.82, 2.24) is 15.1 Å². The number of aromatic hydroxyl groups is 1. The Morgan fingerprint density at radius 1 is 1.21 bits per heavy atom.